The number of nitrogens with two attached hydrogens (primary N) is 1. The second kappa shape index (κ2) is 2.82. The number of nitrogen functional groups attached to an aromatic ring is 1. The Morgan fingerprint density at radius 3 is 2.47 bits per heavy atom. The average Bonchev–Trinajstić information content (AvgIpc) is 2.98. The van der Waals surface area contributed by atoms with E-state index in [0.29, 0.717) is 5.95 Å². The first-order chi connectivity index (χ1) is 7.31. The van der Waals surface area contributed by atoms with Gasteiger partial charge in [-0.15, -0.1) is 5.10 Å². The van der Waals surface area contributed by atoms with Gasteiger partial charge in [0.25, 0.3) is 0 Å². The van der Waals surface area contributed by atoms with Crippen molar-refractivity contribution in [1.29, 1.82) is 0 Å². The highest BCUT2D eigenvalue weighted by Gasteiger charge is 2.48. The predicted molar refractivity (Wildman–Crippen MR) is 57.3 cm³/mol. The van der Waals surface area contributed by atoms with Gasteiger partial charge in [0.2, 0.25) is 5.95 Å². The summed E-state index contributed by atoms with van der Waals surface area (Å²) in [6, 6.07) is 10.4. The summed E-state index contributed by atoms with van der Waals surface area (Å²) in [6.07, 6.45) is 2.23. The van der Waals surface area contributed by atoms with Crippen LogP contribution >= 0.6 is 0 Å². The quantitative estimate of drug-likeness (QED) is 0.771. The fourth-order valence-electron chi connectivity index (χ4n) is 2.03. The highest BCUT2D eigenvalue weighted by Crippen LogP contribution is 2.51. The Morgan fingerprint density at radius 1 is 1.20 bits per heavy atom. The molecule has 0 saturated heterocycles. The van der Waals surface area contributed by atoms with E-state index in [0.717, 1.165) is 18.7 Å². The molecule has 0 radical (unpaired) electrons. The molecule has 1 saturated carbocycles. The molecule has 4 nitrogen and oxygen atoms in total. The lowest BCUT2D eigenvalue weighted by atomic mass is 9.95. The van der Waals surface area contributed by atoms with Gasteiger partial charge in [-0.25, -0.2) is 0 Å². The van der Waals surface area contributed by atoms with Crippen LogP contribution in [0, 0.1) is 0 Å². The molecule has 76 valence electrons. The van der Waals surface area contributed by atoms with Crippen LogP contribution in [0.1, 0.15) is 24.2 Å². The third-order valence-electron chi connectivity index (χ3n) is 3.03. The van der Waals surface area contributed by atoms with E-state index in [1.165, 1.54) is 5.56 Å². The van der Waals surface area contributed by atoms with E-state index in [1.807, 2.05) is 6.07 Å². The number of aromatic nitrogens is 3. The van der Waals surface area contributed by atoms with E-state index in [4.69, 9.17) is 5.73 Å². The summed E-state index contributed by atoms with van der Waals surface area (Å²) in [7, 11) is 0. The number of nitrogens with one attached hydrogen (secondary N) is 1. The van der Waals surface area contributed by atoms with Gasteiger partial charge in [-0.1, -0.05) is 30.3 Å². The Bertz CT molecular complexity index is 470. The molecule has 3 N–H and O–H groups in total. The van der Waals surface area contributed by atoms with Crippen molar-refractivity contribution in [3.05, 3.63) is 41.7 Å². The topological polar surface area (TPSA) is 67.6 Å². The lowest BCUT2D eigenvalue weighted by Crippen LogP contribution is -2.10. The summed E-state index contributed by atoms with van der Waals surface area (Å²) in [5.41, 5.74) is 6.87. The molecule has 1 fully saturated rings. The molecule has 0 aliphatic heterocycles. The summed E-state index contributed by atoms with van der Waals surface area (Å²) in [6.45, 7) is 0. The maximum atomic E-state index is 5.53. The maximum absolute atomic E-state index is 5.53. The van der Waals surface area contributed by atoms with Crippen molar-refractivity contribution in [1.82, 2.24) is 15.2 Å². The summed E-state index contributed by atoms with van der Waals surface area (Å²) in [5.74, 6) is 1.22. The van der Waals surface area contributed by atoms with Crippen molar-refractivity contribution in [3.63, 3.8) is 0 Å². The van der Waals surface area contributed by atoms with Crippen molar-refractivity contribution >= 4 is 5.95 Å². The smallest absolute Gasteiger partial charge is 0.239 e. The lowest BCUT2D eigenvalue weighted by molar-refractivity contribution is 0.761. The zero-order valence-electron chi connectivity index (χ0n) is 8.27. The Balaban J connectivity index is 2.05. The van der Waals surface area contributed by atoms with Crippen LogP contribution in [0.5, 0.6) is 0 Å². The largest absolute Gasteiger partial charge is 0.367 e. The third kappa shape index (κ3) is 1.21. The number of hydrogen-bond acceptors (Lipinski definition) is 3. The van der Waals surface area contributed by atoms with Crippen LogP contribution in [-0.2, 0) is 5.41 Å². The van der Waals surface area contributed by atoms with E-state index in [9.17, 15) is 0 Å². The average molecular weight is 200 g/mol. The van der Waals surface area contributed by atoms with Gasteiger partial charge in [-0.05, 0) is 18.4 Å². The van der Waals surface area contributed by atoms with E-state index in [2.05, 4.69) is 39.4 Å². The van der Waals surface area contributed by atoms with Gasteiger partial charge in [0.15, 0.2) is 0 Å². The lowest BCUT2D eigenvalue weighted by Gasteiger charge is -2.11. The van der Waals surface area contributed by atoms with E-state index < -0.39 is 0 Å². The molecule has 1 aromatic heterocycles. The number of nitrogens with zero attached hydrogens (tertiary/aromatic N) is 2. The number of H-pyrrole nitrogens is 1. The molecule has 0 spiro atoms. The predicted octanol–water partition coefficient (Wildman–Crippen LogP) is 1.47. The number of hydrogen-bond donors (Lipinski definition) is 2. The van der Waals surface area contributed by atoms with Crippen LogP contribution in [-0.4, -0.2) is 15.2 Å². The van der Waals surface area contributed by atoms with Gasteiger partial charge in [0.05, 0.1) is 5.41 Å². The minimum Gasteiger partial charge on any atom is -0.367 e. The maximum Gasteiger partial charge on any atom is 0.239 e. The van der Waals surface area contributed by atoms with E-state index in [-0.39, 0.29) is 5.41 Å². The fraction of sp³-hybridized carbons (Fsp3) is 0.273. The summed E-state index contributed by atoms with van der Waals surface area (Å²) in [4.78, 5) is 4.23. The van der Waals surface area contributed by atoms with E-state index >= 15 is 0 Å². The second-order valence-electron chi connectivity index (χ2n) is 3.99. The summed E-state index contributed by atoms with van der Waals surface area (Å²) < 4.78 is 0. The Morgan fingerprint density at radius 2 is 1.93 bits per heavy atom. The Labute approximate surface area is 87.5 Å². The zero-order chi connectivity index (χ0) is 10.3. The SMILES string of the molecule is Nc1n[nH]c(C2(c3ccccc3)CC2)n1. The first kappa shape index (κ1) is 8.47. The van der Waals surface area contributed by atoms with Gasteiger partial charge in [-0.2, -0.15) is 4.98 Å². The Kier molecular flexibility index (Phi) is 1.59. The molecule has 3 rings (SSSR count). The van der Waals surface area contributed by atoms with Crippen molar-refractivity contribution < 1.29 is 0 Å². The number of rotatable bonds is 2. The third-order valence-corrected chi connectivity index (χ3v) is 3.03. The van der Waals surface area contributed by atoms with Gasteiger partial charge in [-0.3, -0.25) is 5.10 Å². The molecule has 0 amide bonds. The Hall–Kier alpha value is -1.84. The van der Waals surface area contributed by atoms with Gasteiger partial charge >= 0.3 is 0 Å². The molecule has 2 aromatic rings. The molecule has 1 aliphatic carbocycles. The summed E-state index contributed by atoms with van der Waals surface area (Å²) in [5, 5.41) is 6.81. The van der Waals surface area contributed by atoms with Crippen LogP contribution in [0.15, 0.2) is 30.3 Å². The minimum absolute atomic E-state index is 0.0475. The highest BCUT2D eigenvalue weighted by molar-refractivity contribution is 5.39. The van der Waals surface area contributed by atoms with Crippen molar-refractivity contribution in [3.8, 4) is 0 Å². The minimum atomic E-state index is 0.0475. The zero-order valence-corrected chi connectivity index (χ0v) is 8.27. The molecule has 1 aromatic carbocycles. The van der Waals surface area contributed by atoms with Crippen LogP contribution in [0.3, 0.4) is 0 Å². The molecule has 0 atom stereocenters. The first-order valence-electron chi connectivity index (χ1n) is 5.05. The van der Waals surface area contributed by atoms with Crippen LogP contribution in [0.4, 0.5) is 5.95 Å². The molecule has 4 heteroatoms. The monoisotopic (exact) mass is 200 g/mol. The molecule has 0 unspecified atom stereocenters. The van der Waals surface area contributed by atoms with Crippen molar-refractivity contribution in [2.45, 2.75) is 18.3 Å². The van der Waals surface area contributed by atoms with Crippen LogP contribution in [0.25, 0.3) is 0 Å². The van der Waals surface area contributed by atoms with Crippen LogP contribution < -0.4 is 5.73 Å². The molecule has 1 aliphatic rings. The first-order valence-corrected chi connectivity index (χ1v) is 5.05. The van der Waals surface area contributed by atoms with Crippen LogP contribution in [0.2, 0.25) is 0 Å². The van der Waals surface area contributed by atoms with Crippen molar-refractivity contribution in [2.75, 3.05) is 5.73 Å². The highest BCUT2D eigenvalue weighted by atomic mass is 15.3. The molecule has 1 heterocycles. The normalized spacial score (nSPS) is 17.6. The summed E-state index contributed by atoms with van der Waals surface area (Å²) >= 11 is 0. The molecular formula is C11H12N4. The molecule has 15 heavy (non-hydrogen) atoms. The standard InChI is InChI=1S/C11H12N4/c12-10-13-9(14-15-10)11(6-7-11)8-4-2-1-3-5-8/h1-5H,6-7H2,(H3,12,13,14,15). The van der Waals surface area contributed by atoms with Gasteiger partial charge in [0, 0.05) is 0 Å². The van der Waals surface area contributed by atoms with E-state index in [1.54, 1.807) is 0 Å². The number of anilines is 1. The van der Waals surface area contributed by atoms with Gasteiger partial charge < -0.3 is 5.73 Å². The second-order valence-corrected chi connectivity index (χ2v) is 3.99. The molecule has 0 bridgehead atoms. The number of benzene rings is 1. The molecular weight excluding hydrogens is 188 g/mol. The number of aromatic amines is 1. The van der Waals surface area contributed by atoms with Gasteiger partial charge in [0.1, 0.15) is 5.82 Å². The fourth-order valence-corrected chi connectivity index (χ4v) is 2.03. The van der Waals surface area contributed by atoms with Crippen molar-refractivity contribution in [2.24, 2.45) is 0 Å².